The van der Waals surface area contributed by atoms with Crippen LogP contribution in [0.4, 0.5) is 0 Å². The Hall–Kier alpha value is -0.860. The molecule has 0 saturated carbocycles. The number of nitrogens with zero attached hydrogens (tertiary/aromatic N) is 1. The number of fused-ring (bicyclic) bond motifs is 1. The van der Waals surface area contributed by atoms with E-state index in [0.717, 1.165) is 32.4 Å². The van der Waals surface area contributed by atoms with Crippen molar-refractivity contribution in [2.45, 2.75) is 43.7 Å². The minimum Gasteiger partial charge on any atom is -0.393 e. The molecule has 1 N–H and O–H groups in total. The van der Waals surface area contributed by atoms with Gasteiger partial charge in [0.1, 0.15) is 0 Å². The van der Waals surface area contributed by atoms with Crippen LogP contribution in [0.1, 0.15) is 32.1 Å². The molecular formula is C15H21NO. The monoisotopic (exact) mass is 231 g/mol. The Bertz CT molecular complexity index is 396. The predicted octanol–water partition coefficient (Wildman–Crippen LogP) is 2.42. The van der Waals surface area contributed by atoms with Crippen molar-refractivity contribution in [1.82, 2.24) is 4.90 Å². The lowest BCUT2D eigenvalue weighted by Crippen LogP contribution is -2.34. The van der Waals surface area contributed by atoms with Crippen LogP contribution in [-0.4, -0.2) is 34.7 Å². The van der Waals surface area contributed by atoms with E-state index in [1.807, 2.05) is 0 Å². The highest BCUT2D eigenvalue weighted by Gasteiger charge is 2.56. The highest BCUT2D eigenvalue weighted by molar-refractivity contribution is 5.37. The standard InChI is InChI=1S/C15H21NO/c1-12(9-13-5-3-2-4-6-13)15-10-14(17)7-8-16(15)11-15/h3,5-6,14,17H,1-2,4,7-11H2. The summed E-state index contributed by atoms with van der Waals surface area (Å²) in [7, 11) is 0. The van der Waals surface area contributed by atoms with E-state index in [1.54, 1.807) is 0 Å². The van der Waals surface area contributed by atoms with Gasteiger partial charge in [-0.3, -0.25) is 4.90 Å². The van der Waals surface area contributed by atoms with Gasteiger partial charge in [-0.25, -0.2) is 0 Å². The highest BCUT2D eigenvalue weighted by atomic mass is 16.3. The number of aliphatic hydroxyl groups excluding tert-OH is 1. The lowest BCUT2D eigenvalue weighted by atomic mass is 9.86. The zero-order valence-corrected chi connectivity index (χ0v) is 10.4. The number of allylic oxidation sites excluding steroid dienone is 4. The molecule has 0 bridgehead atoms. The number of hydrogen-bond acceptors (Lipinski definition) is 2. The molecule has 2 heteroatoms. The van der Waals surface area contributed by atoms with Crippen LogP contribution in [0, 0.1) is 0 Å². The predicted molar refractivity (Wildman–Crippen MR) is 69.8 cm³/mol. The van der Waals surface area contributed by atoms with E-state index in [0.29, 0.717) is 0 Å². The molecule has 0 aromatic carbocycles. The maximum absolute atomic E-state index is 9.83. The van der Waals surface area contributed by atoms with Crippen molar-refractivity contribution in [2.75, 3.05) is 13.1 Å². The first-order chi connectivity index (χ1) is 8.21. The largest absolute Gasteiger partial charge is 0.393 e. The van der Waals surface area contributed by atoms with E-state index >= 15 is 0 Å². The summed E-state index contributed by atoms with van der Waals surface area (Å²) in [6.45, 7) is 6.44. The Morgan fingerprint density at radius 2 is 2.41 bits per heavy atom. The molecule has 1 aliphatic carbocycles. The molecule has 3 aliphatic rings. The van der Waals surface area contributed by atoms with Gasteiger partial charge in [0, 0.05) is 13.1 Å². The van der Waals surface area contributed by atoms with Gasteiger partial charge in [-0.05, 0) is 37.7 Å². The van der Waals surface area contributed by atoms with Gasteiger partial charge in [0.05, 0.1) is 11.6 Å². The Kier molecular flexibility index (Phi) is 2.72. The van der Waals surface area contributed by atoms with Crippen molar-refractivity contribution in [3.05, 3.63) is 36.0 Å². The number of aliphatic hydroxyl groups is 1. The zero-order valence-electron chi connectivity index (χ0n) is 10.4. The Labute approximate surface area is 103 Å². The fraction of sp³-hybridized carbons (Fsp3) is 0.600. The molecule has 2 saturated heterocycles. The second-order valence-corrected chi connectivity index (χ2v) is 5.64. The maximum atomic E-state index is 9.83. The van der Waals surface area contributed by atoms with Crippen LogP contribution in [0.25, 0.3) is 0 Å². The summed E-state index contributed by atoms with van der Waals surface area (Å²) in [6.07, 6.45) is 11.8. The van der Waals surface area contributed by atoms with Gasteiger partial charge in [-0.15, -0.1) is 0 Å². The molecule has 2 nitrogen and oxygen atoms in total. The van der Waals surface area contributed by atoms with E-state index < -0.39 is 0 Å². The molecule has 0 amide bonds. The molecule has 3 unspecified atom stereocenters. The number of rotatable bonds is 3. The first-order valence-corrected chi connectivity index (χ1v) is 6.68. The summed E-state index contributed by atoms with van der Waals surface area (Å²) >= 11 is 0. The second kappa shape index (κ2) is 4.11. The topological polar surface area (TPSA) is 23.2 Å². The molecule has 0 aromatic heterocycles. The lowest BCUT2D eigenvalue weighted by molar-refractivity contribution is 0.106. The lowest BCUT2D eigenvalue weighted by Gasteiger charge is -2.28. The summed E-state index contributed by atoms with van der Waals surface area (Å²) in [4.78, 5) is 2.47. The molecule has 2 fully saturated rings. The summed E-state index contributed by atoms with van der Waals surface area (Å²) < 4.78 is 0. The average molecular weight is 231 g/mol. The van der Waals surface area contributed by atoms with Gasteiger partial charge >= 0.3 is 0 Å². The van der Waals surface area contributed by atoms with Crippen LogP contribution in [0.15, 0.2) is 36.0 Å². The van der Waals surface area contributed by atoms with Crippen molar-refractivity contribution in [2.24, 2.45) is 0 Å². The zero-order chi connectivity index (χ0) is 11.9. The van der Waals surface area contributed by atoms with E-state index in [9.17, 15) is 5.11 Å². The van der Waals surface area contributed by atoms with Crippen LogP contribution in [0.2, 0.25) is 0 Å². The molecular weight excluding hydrogens is 210 g/mol. The Balaban J connectivity index is 1.67. The first kappa shape index (κ1) is 11.2. The van der Waals surface area contributed by atoms with Crippen LogP contribution in [0.3, 0.4) is 0 Å². The fourth-order valence-corrected chi connectivity index (χ4v) is 3.25. The minimum absolute atomic E-state index is 0.124. The summed E-state index contributed by atoms with van der Waals surface area (Å²) in [5.41, 5.74) is 2.85. The molecule has 2 heterocycles. The van der Waals surface area contributed by atoms with Gasteiger partial charge in [0.2, 0.25) is 0 Å². The molecule has 0 aromatic rings. The van der Waals surface area contributed by atoms with E-state index in [4.69, 9.17) is 0 Å². The molecule has 0 spiro atoms. The third-order valence-corrected chi connectivity index (χ3v) is 4.41. The van der Waals surface area contributed by atoms with Crippen molar-refractivity contribution < 1.29 is 5.11 Å². The fourth-order valence-electron chi connectivity index (χ4n) is 3.25. The second-order valence-electron chi connectivity index (χ2n) is 5.64. The minimum atomic E-state index is -0.124. The normalized spacial score (nSPS) is 39.5. The summed E-state index contributed by atoms with van der Waals surface area (Å²) in [5.74, 6) is 0. The number of hydrogen-bond donors (Lipinski definition) is 1. The van der Waals surface area contributed by atoms with Crippen molar-refractivity contribution in [1.29, 1.82) is 0 Å². The van der Waals surface area contributed by atoms with Crippen LogP contribution in [0.5, 0.6) is 0 Å². The smallest absolute Gasteiger partial charge is 0.0574 e. The van der Waals surface area contributed by atoms with Crippen LogP contribution < -0.4 is 0 Å². The van der Waals surface area contributed by atoms with Crippen molar-refractivity contribution in [3.8, 4) is 0 Å². The molecule has 3 rings (SSSR count). The van der Waals surface area contributed by atoms with Gasteiger partial charge < -0.3 is 5.11 Å². The van der Waals surface area contributed by atoms with Gasteiger partial charge in [0.25, 0.3) is 0 Å². The quantitative estimate of drug-likeness (QED) is 0.595. The number of piperidine rings is 1. The van der Waals surface area contributed by atoms with Gasteiger partial charge in [0.15, 0.2) is 0 Å². The molecule has 17 heavy (non-hydrogen) atoms. The summed E-state index contributed by atoms with van der Waals surface area (Å²) in [6, 6.07) is 0. The molecule has 0 radical (unpaired) electrons. The Morgan fingerprint density at radius 1 is 1.53 bits per heavy atom. The van der Waals surface area contributed by atoms with Crippen LogP contribution >= 0.6 is 0 Å². The highest BCUT2D eigenvalue weighted by Crippen LogP contribution is 2.48. The maximum Gasteiger partial charge on any atom is 0.0574 e. The molecule has 2 aliphatic heterocycles. The Morgan fingerprint density at radius 3 is 3.18 bits per heavy atom. The molecule has 92 valence electrons. The van der Waals surface area contributed by atoms with E-state index in [-0.39, 0.29) is 11.6 Å². The van der Waals surface area contributed by atoms with Crippen molar-refractivity contribution >= 4 is 0 Å². The summed E-state index contributed by atoms with van der Waals surface area (Å²) in [5, 5.41) is 9.83. The van der Waals surface area contributed by atoms with Gasteiger partial charge in [-0.2, -0.15) is 0 Å². The van der Waals surface area contributed by atoms with E-state index in [2.05, 4.69) is 29.7 Å². The van der Waals surface area contributed by atoms with Gasteiger partial charge in [-0.1, -0.05) is 30.4 Å². The van der Waals surface area contributed by atoms with E-state index in [1.165, 1.54) is 24.0 Å². The molecule has 3 atom stereocenters. The van der Waals surface area contributed by atoms with Crippen LogP contribution in [-0.2, 0) is 0 Å². The average Bonchev–Trinajstić information content (AvgIpc) is 3.05. The third-order valence-electron chi connectivity index (χ3n) is 4.41. The third kappa shape index (κ3) is 2.00. The van der Waals surface area contributed by atoms with Crippen molar-refractivity contribution in [3.63, 3.8) is 0 Å². The first-order valence-electron chi connectivity index (χ1n) is 6.68. The SMILES string of the molecule is C=C(CC1=CCCC=C1)C12CC(O)CCN1C2.